The summed E-state index contributed by atoms with van der Waals surface area (Å²) in [6, 6.07) is 0. The third-order valence-electron chi connectivity index (χ3n) is 6.49. The maximum Gasteiger partial charge on any atom is 2.00 e. The first-order chi connectivity index (χ1) is 14.8. The summed E-state index contributed by atoms with van der Waals surface area (Å²) in [7, 11) is 0. The maximum atomic E-state index is 10.4. The van der Waals surface area contributed by atoms with Gasteiger partial charge in [0.2, 0.25) is 0 Å². The Morgan fingerprint density at radius 3 is 0.839 bits per heavy atom. The van der Waals surface area contributed by atoms with Crippen LogP contribution in [0.5, 0.6) is 0 Å². The van der Waals surface area contributed by atoms with Gasteiger partial charge in [0.15, 0.2) is 0 Å². The molecule has 0 rings (SSSR count). The summed E-state index contributed by atoms with van der Waals surface area (Å²) in [5.74, 6) is -0.649. The van der Waals surface area contributed by atoms with Gasteiger partial charge >= 0.3 is 43.7 Å². The number of carboxylic acid groups (broad SMARTS) is 1. The Hall–Kier alpha value is 0.730. The Morgan fingerprint density at radius 2 is 0.645 bits per heavy atom. The minimum Gasteiger partial charge on any atom is -1.00 e. The van der Waals surface area contributed by atoms with Gasteiger partial charge in [-0.1, -0.05) is 161 Å². The van der Waals surface area contributed by atoms with E-state index < -0.39 is 5.97 Å². The Kier molecular flexibility index (Phi) is 33.6. The molecule has 31 heavy (non-hydrogen) atoms. The van der Waals surface area contributed by atoms with Gasteiger partial charge in [-0.3, -0.25) is 4.79 Å². The molecular weight excluding hydrogens is 408 g/mol. The fourth-order valence-electron chi connectivity index (χ4n) is 4.42. The van der Waals surface area contributed by atoms with Crippen molar-refractivity contribution in [1.29, 1.82) is 0 Å². The molecule has 0 aliphatic carbocycles. The summed E-state index contributed by atoms with van der Waals surface area (Å²) in [6.07, 6.45) is 35.0. The van der Waals surface area contributed by atoms with E-state index in [9.17, 15) is 4.79 Å². The van der Waals surface area contributed by atoms with Crippen molar-refractivity contribution in [3.63, 3.8) is 0 Å². The van der Waals surface area contributed by atoms with Gasteiger partial charge in [-0.15, -0.1) is 0 Å². The van der Waals surface area contributed by atoms with Crippen molar-refractivity contribution >= 4 is 43.7 Å². The minimum atomic E-state index is -0.649. The second-order valence-electron chi connectivity index (χ2n) is 9.63. The van der Waals surface area contributed by atoms with E-state index in [-0.39, 0.29) is 40.6 Å². The molecule has 0 aromatic heterocycles. The van der Waals surface area contributed by atoms with Gasteiger partial charge in [0.25, 0.3) is 0 Å². The van der Waals surface area contributed by atoms with Crippen LogP contribution in [-0.4, -0.2) is 48.8 Å². The van der Waals surface area contributed by atoms with Crippen molar-refractivity contribution in [2.75, 3.05) is 0 Å². The van der Waals surface area contributed by atoms with Crippen molar-refractivity contribution in [2.24, 2.45) is 0 Å². The molecule has 0 aromatic rings. The van der Waals surface area contributed by atoms with Gasteiger partial charge < -0.3 is 7.96 Å². The van der Waals surface area contributed by atoms with E-state index in [4.69, 9.17) is 5.11 Å². The Bertz CT molecular complexity index is 344. The molecule has 0 spiro atoms. The molecular formula is C28H58CaO2. The molecule has 0 atom stereocenters. The zero-order chi connectivity index (χ0) is 22.0. The van der Waals surface area contributed by atoms with Crippen LogP contribution >= 0.6 is 0 Å². The predicted octanol–water partition coefficient (Wildman–Crippen LogP) is 10.1. The van der Waals surface area contributed by atoms with E-state index in [1.165, 1.54) is 148 Å². The third kappa shape index (κ3) is 33.0. The molecule has 0 radical (unpaired) electrons. The molecule has 0 aromatic carbocycles. The number of unbranched alkanes of at least 4 members (excludes halogenated alkanes) is 24. The predicted molar refractivity (Wildman–Crippen MR) is 141 cm³/mol. The Morgan fingerprint density at radius 1 is 0.452 bits per heavy atom. The summed E-state index contributed by atoms with van der Waals surface area (Å²) < 4.78 is 0. The summed E-state index contributed by atoms with van der Waals surface area (Å²) >= 11 is 0. The number of carboxylic acids is 1. The van der Waals surface area contributed by atoms with Gasteiger partial charge in [-0.2, -0.15) is 0 Å². The Balaban J connectivity index is -0.00000140. The molecule has 3 heteroatoms. The summed E-state index contributed by atoms with van der Waals surface area (Å²) in [4.78, 5) is 10.4. The standard InChI is InChI=1S/C28H56O2.Ca.2H/c1-2-3-4-5-6-7-8-9-10-11-12-13-14-15-16-17-18-19-20-21-22-23-24-25-26-27-28(29)30;;;/h2-27H2,1H3,(H,29,30);;;/q;+2;2*-1. The molecule has 0 aliphatic heterocycles. The zero-order valence-corrected chi connectivity index (χ0v) is 23.7. The third-order valence-corrected chi connectivity index (χ3v) is 6.49. The van der Waals surface area contributed by atoms with Crippen molar-refractivity contribution < 1.29 is 12.8 Å². The van der Waals surface area contributed by atoms with Crippen molar-refractivity contribution in [3.05, 3.63) is 0 Å². The van der Waals surface area contributed by atoms with Gasteiger partial charge in [-0.05, 0) is 6.42 Å². The van der Waals surface area contributed by atoms with E-state index in [2.05, 4.69) is 6.92 Å². The molecule has 1 N–H and O–H groups in total. The minimum absolute atomic E-state index is 0. The molecule has 184 valence electrons. The topological polar surface area (TPSA) is 37.3 Å². The molecule has 2 nitrogen and oxygen atoms in total. The van der Waals surface area contributed by atoms with Crippen molar-refractivity contribution in [1.82, 2.24) is 0 Å². The SMILES string of the molecule is CCCCCCCCCCCCCCCCCCCCCCCCCCCC(=O)O.[Ca+2].[H-].[H-]. The summed E-state index contributed by atoms with van der Waals surface area (Å²) in [5.41, 5.74) is 0. The van der Waals surface area contributed by atoms with Gasteiger partial charge in [-0.25, -0.2) is 0 Å². The molecule has 0 fully saturated rings. The smallest absolute Gasteiger partial charge is 1.00 e. The Labute approximate surface area is 229 Å². The first-order valence-electron chi connectivity index (χ1n) is 14.0. The fourth-order valence-corrected chi connectivity index (χ4v) is 4.42. The largest absolute Gasteiger partial charge is 2.00 e. The van der Waals surface area contributed by atoms with Crippen LogP contribution < -0.4 is 0 Å². The van der Waals surface area contributed by atoms with Crippen LogP contribution in [0.25, 0.3) is 0 Å². The average Bonchev–Trinajstić information content (AvgIpc) is 2.73. The number of rotatable bonds is 26. The zero-order valence-electron chi connectivity index (χ0n) is 23.4. The quantitative estimate of drug-likeness (QED) is 0.102. The van der Waals surface area contributed by atoms with Crippen LogP contribution in [0.4, 0.5) is 0 Å². The molecule has 0 bridgehead atoms. The van der Waals surface area contributed by atoms with Crippen LogP contribution in [-0.2, 0) is 4.79 Å². The molecule has 0 saturated carbocycles. The normalized spacial score (nSPS) is 10.9. The fraction of sp³-hybridized carbons (Fsp3) is 0.964. The maximum absolute atomic E-state index is 10.4. The molecule has 0 saturated heterocycles. The van der Waals surface area contributed by atoms with E-state index in [0.29, 0.717) is 6.42 Å². The van der Waals surface area contributed by atoms with E-state index >= 15 is 0 Å². The number of hydrogen-bond donors (Lipinski definition) is 1. The van der Waals surface area contributed by atoms with Crippen molar-refractivity contribution in [2.45, 2.75) is 174 Å². The van der Waals surface area contributed by atoms with Gasteiger partial charge in [0, 0.05) is 6.42 Å². The van der Waals surface area contributed by atoms with E-state index in [1.54, 1.807) is 0 Å². The average molecular weight is 467 g/mol. The van der Waals surface area contributed by atoms with E-state index in [0.717, 1.165) is 12.8 Å². The van der Waals surface area contributed by atoms with Crippen LogP contribution in [0, 0.1) is 0 Å². The number of carbonyl (C=O) groups is 1. The summed E-state index contributed by atoms with van der Waals surface area (Å²) in [5, 5.41) is 8.60. The summed E-state index contributed by atoms with van der Waals surface area (Å²) in [6.45, 7) is 2.29. The van der Waals surface area contributed by atoms with Crippen LogP contribution in [0.15, 0.2) is 0 Å². The number of hydrogen-bond acceptors (Lipinski definition) is 1. The molecule has 0 heterocycles. The van der Waals surface area contributed by atoms with Crippen LogP contribution in [0.3, 0.4) is 0 Å². The monoisotopic (exact) mass is 466 g/mol. The second kappa shape index (κ2) is 30.7. The second-order valence-corrected chi connectivity index (χ2v) is 9.63. The van der Waals surface area contributed by atoms with Crippen LogP contribution in [0.2, 0.25) is 0 Å². The molecule has 0 amide bonds. The number of aliphatic carboxylic acids is 1. The molecule has 0 aliphatic rings. The first-order valence-corrected chi connectivity index (χ1v) is 14.0. The van der Waals surface area contributed by atoms with E-state index in [1.807, 2.05) is 0 Å². The van der Waals surface area contributed by atoms with Crippen molar-refractivity contribution in [3.8, 4) is 0 Å². The van der Waals surface area contributed by atoms with Gasteiger partial charge in [0.05, 0.1) is 0 Å². The molecule has 0 unspecified atom stereocenters. The first kappa shape index (κ1) is 33.9. The van der Waals surface area contributed by atoms with Gasteiger partial charge in [0.1, 0.15) is 0 Å². The van der Waals surface area contributed by atoms with Crippen LogP contribution in [0.1, 0.15) is 177 Å².